The predicted octanol–water partition coefficient (Wildman–Crippen LogP) is 3.23. The van der Waals surface area contributed by atoms with E-state index in [9.17, 15) is 27.9 Å². The minimum Gasteiger partial charge on any atom is -0.468 e. The van der Waals surface area contributed by atoms with Crippen molar-refractivity contribution in [1.29, 1.82) is 0 Å². The van der Waals surface area contributed by atoms with Crippen LogP contribution >= 0.6 is 0 Å². The number of alkyl halides is 3. The van der Waals surface area contributed by atoms with E-state index < -0.39 is 24.7 Å². The van der Waals surface area contributed by atoms with Gasteiger partial charge in [-0.25, -0.2) is 4.98 Å². The molecule has 0 bridgehead atoms. The van der Waals surface area contributed by atoms with Crippen molar-refractivity contribution in [3.8, 4) is 5.88 Å². The zero-order chi connectivity index (χ0) is 23.5. The lowest BCUT2D eigenvalue weighted by atomic mass is 10.1. The number of nitrogens with one attached hydrogen (secondary N) is 1. The van der Waals surface area contributed by atoms with Gasteiger partial charge in [0.15, 0.2) is 6.61 Å². The number of rotatable bonds is 9. The van der Waals surface area contributed by atoms with E-state index in [2.05, 4.69) is 15.3 Å². The topological polar surface area (TPSA) is 101 Å². The van der Waals surface area contributed by atoms with Crippen LogP contribution in [0.3, 0.4) is 0 Å². The van der Waals surface area contributed by atoms with E-state index in [0.717, 1.165) is 12.8 Å². The summed E-state index contributed by atoms with van der Waals surface area (Å²) >= 11 is 0. The number of ether oxygens (including phenoxy) is 1. The number of aryl methyl sites for hydroxylation is 1. The number of carbonyl (C=O) groups excluding carboxylic acids is 2. The largest absolute Gasteiger partial charge is 0.468 e. The number of hydrogen-bond acceptors (Lipinski definition) is 6. The number of nitrogens with zero attached hydrogens (tertiary/aromatic N) is 2. The minimum atomic E-state index is -4.46. The Balaban J connectivity index is 1.69. The summed E-state index contributed by atoms with van der Waals surface area (Å²) in [4.78, 5) is 33.0. The predicted molar refractivity (Wildman–Crippen MR) is 108 cm³/mol. The first-order valence-electron chi connectivity index (χ1n) is 10.2. The van der Waals surface area contributed by atoms with Gasteiger partial charge in [-0.1, -0.05) is 0 Å². The number of carbonyl (C=O) groups is 2. The lowest BCUT2D eigenvalue weighted by Crippen LogP contribution is -2.27. The maximum Gasteiger partial charge on any atom is 0.422 e. The molecule has 1 aliphatic rings. The second-order valence-electron chi connectivity index (χ2n) is 7.90. The number of Topliss-reactive ketones (excluding diaryl/α,β-unsaturated/α-hetero) is 1. The molecule has 32 heavy (non-hydrogen) atoms. The Bertz CT molecular complexity index is 1010. The molecule has 0 spiro atoms. The van der Waals surface area contributed by atoms with Crippen LogP contribution in [0.2, 0.25) is 0 Å². The molecular weight excluding hydrogens is 427 g/mol. The molecule has 1 saturated carbocycles. The van der Waals surface area contributed by atoms with Gasteiger partial charge in [0, 0.05) is 35.4 Å². The normalized spacial score (nSPS) is 14.7. The Morgan fingerprint density at radius 1 is 1.25 bits per heavy atom. The summed E-state index contributed by atoms with van der Waals surface area (Å²) in [6, 6.07) is 4.06. The van der Waals surface area contributed by atoms with Gasteiger partial charge in [-0.05, 0) is 50.5 Å². The Kier molecular flexibility index (Phi) is 7.12. The lowest BCUT2D eigenvalue weighted by Gasteiger charge is -2.17. The second-order valence-corrected chi connectivity index (χ2v) is 7.90. The van der Waals surface area contributed by atoms with Crippen molar-refractivity contribution in [2.45, 2.75) is 51.9 Å². The van der Waals surface area contributed by atoms with Crippen molar-refractivity contribution in [1.82, 2.24) is 15.3 Å². The van der Waals surface area contributed by atoms with Gasteiger partial charge >= 0.3 is 6.18 Å². The Morgan fingerprint density at radius 2 is 1.94 bits per heavy atom. The van der Waals surface area contributed by atoms with Gasteiger partial charge in [0.1, 0.15) is 5.78 Å². The Morgan fingerprint density at radius 3 is 2.53 bits per heavy atom. The van der Waals surface area contributed by atoms with E-state index in [4.69, 9.17) is 4.74 Å². The number of aliphatic hydroxyl groups excluding tert-OH is 1. The number of halogens is 3. The molecule has 3 rings (SSSR count). The molecule has 0 saturated heterocycles. The fourth-order valence-corrected chi connectivity index (χ4v) is 3.17. The van der Waals surface area contributed by atoms with E-state index in [-0.39, 0.29) is 41.9 Å². The molecule has 1 unspecified atom stereocenters. The van der Waals surface area contributed by atoms with Crippen LogP contribution in [0, 0.1) is 12.8 Å². The van der Waals surface area contributed by atoms with Crippen molar-refractivity contribution >= 4 is 11.7 Å². The smallest absolute Gasteiger partial charge is 0.422 e. The molecular formula is C22H24F3N3O4. The fraction of sp³-hybridized carbons (Fsp3) is 0.455. The average Bonchev–Trinajstić information content (AvgIpc) is 3.57. The number of ketones is 1. The van der Waals surface area contributed by atoms with Crippen molar-refractivity contribution in [3.63, 3.8) is 0 Å². The van der Waals surface area contributed by atoms with Crippen molar-refractivity contribution in [2.24, 2.45) is 5.92 Å². The number of aliphatic hydroxyl groups is 1. The number of hydrogen-bond donors (Lipinski definition) is 2. The van der Waals surface area contributed by atoms with Crippen molar-refractivity contribution < 1.29 is 32.6 Å². The molecule has 1 aliphatic carbocycles. The highest BCUT2D eigenvalue weighted by Gasteiger charge is 2.30. The summed E-state index contributed by atoms with van der Waals surface area (Å²) in [5, 5.41) is 12.3. The van der Waals surface area contributed by atoms with Gasteiger partial charge in [0.2, 0.25) is 5.88 Å². The molecule has 0 radical (unpaired) electrons. The molecule has 1 fully saturated rings. The maximum atomic E-state index is 12.8. The third-order valence-electron chi connectivity index (χ3n) is 5.02. The summed E-state index contributed by atoms with van der Waals surface area (Å²) in [7, 11) is 0. The molecule has 2 aromatic heterocycles. The van der Waals surface area contributed by atoms with Crippen LogP contribution < -0.4 is 10.1 Å². The van der Waals surface area contributed by atoms with Gasteiger partial charge in [-0.2, -0.15) is 13.2 Å². The van der Waals surface area contributed by atoms with E-state index in [1.165, 1.54) is 18.3 Å². The highest BCUT2D eigenvalue weighted by atomic mass is 19.4. The first-order valence-corrected chi connectivity index (χ1v) is 10.2. The van der Waals surface area contributed by atoms with Crippen LogP contribution in [0.1, 0.15) is 58.7 Å². The monoisotopic (exact) mass is 451 g/mol. The third kappa shape index (κ3) is 6.49. The molecule has 2 aromatic rings. The third-order valence-corrected chi connectivity index (χ3v) is 5.02. The van der Waals surface area contributed by atoms with Gasteiger partial charge in [-0.3, -0.25) is 14.6 Å². The summed E-state index contributed by atoms with van der Waals surface area (Å²) in [5.41, 5.74) is 1.95. The molecule has 7 nitrogen and oxygen atoms in total. The molecule has 10 heteroatoms. The number of aromatic nitrogens is 2. The first-order chi connectivity index (χ1) is 15.1. The fourth-order valence-electron chi connectivity index (χ4n) is 3.17. The van der Waals surface area contributed by atoms with E-state index >= 15 is 0 Å². The van der Waals surface area contributed by atoms with E-state index in [1.807, 2.05) is 0 Å². The van der Waals surface area contributed by atoms with Crippen molar-refractivity contribution in [3.05, 3.63) is 52.5 Å². The SMILES string of the molecule is Cc1cc(C(C)NC(=O)c2cc(CO)nc(CC(=O)C3CC3)c2)cnc1OCC(F)(F)F. The molecule has 0 aromatic carbocycles. The number of amides is 1. The zero-order valence-corrected chi connectivity index (χ0v) is 17.7. The van der Waals surface area contributed by atoms with Crippen LogP contribution in [0.4, 0.5) is 13.2 Å². The summed E-state index contributed by atoms with van der Waals surface area (Å²) < 4.78 is 41.7. The van der Waals surface area contributed by atoms with Crippen LogP contribution in [0.25, 0.3) is 0 Å². The maximum absolute atomic E-state index is 12.8. The van der Waals surface area contributed by atoms with Crippen LogP contribution in [0.15, 0.2) is 24.4 Å². The van der Waals surface area contributed by atoms with Crippen LogP contribution in [-0.4, -0.2) is 39.5 Å². The highest BCUT2D eigenvalue weighted by molar-refractivity contribution is 5.95. The summed E-state index contributed by atoms with van der Waals surface area (Å²) in [6.07, 6.45) is -1.27. The minimum absolute atomic E-state index is 0.0608. The van der Waals surface area contributed by atoms with Gasteiger partial charge < -0.3 is 15.2 Å². The Hall–Kier alpha value is -3.01. The average molecular weight is 451 g/mol. The number of pyridine rings is 2. The molecule has 2 heterocycles. The summed E-state index contributed by atoms with van der Waals surface area (Å²) in [5.74, 6) is -0.437. The van der Waals surface area contributed by atoms with Crippen molar-refractivity contribution in [2.75, 3.05) is 6.61 Å². The van der Waals surface area contributed by atoms with Gasteiger partial charge in [0.25, 0.3) is 5.91 Å². The van der Waals surface area contributed by atoms with Gasteiger partial charge in [-0.15, -0.1) is 0 Å². The first kappa shape index (κ1) is 23.6. The van der Waals surface area contributed by atoms with Gasteiger partial charge in [0.05, 0.1) is 18.3 Å². The molecule has 172 valence electrons. The van der Waals surface area contributed by atoms with E-state index in [0.29, 0.717) is 16.8 Å². The quantitative estimate of drug-likeness (QED) is 0.607. The zero-order valence-electron chi connectivity index (χ0n) is 17.7. The molecule has 2 N–H and O–H groups in total. The highest BCUT2D eigenvalue weighted by Crippen LogP contribution is 2.31. The lowest BCUT2D eigenvalue weighted by molar-refractivity contribution is -0.154. The second kappa shape index (κ2) is 9.64. The molecule has 1 atom stereocenters. The molecule has 0 aliphatic heterocycles. The van der Waals surface area contributed by atoms with Crippen LogP contribution in [-0.2, 0) is 17.8 Å². The Labute approximate surface area is 183 Å². The standard InChI is InChI=1S/C22H24F3N3O4/c1-12-5-16(9-26-21(12)32-11-22(23,24)25)13(2)27-20(31)15-6-17(28-18(7-15)10-29)8-19(30)14-3-4-14/h5-7,9,13-14,29H,3-4,8,10-11H2,1-2H3,(H,27,31). The van der Waals surface area contributed by atoms with Crippen LogP contribution in [0.5, 0.6) is 5.88 Å². The van der Waals surface area contributed by atoms with E-state index in [1.54, 1.807) is 19.9 Å². The summed E-state index contributed by atoms with van der Waals surface area (Å²) in [6.45, 7) is 1.46. The molecule has 1 amide bonds.